The number of nitrogens with zero attached hydrogens (tertiary/aromatic N) is 10. The Kier molecular flexibility index (Phi) is 11.3. The van der Waals surface area contributed by atoms with E-state index in [1.54, 1.807) is 39.7 Å². The number of aromatic carboxylic acids is 2. The summed E-state index contributed by atoms with van der Waals surface area (Å²) in [6.45, 7) is 5.51. The lowest BCUT2D eigenvalue weighted by molar-refractivity contribution is 0.0684. The van der Waals surface area contributed by atoms with Crippen molar-refractivity contribution in [2.75, 3.05) is 93.3 Å². The van der Waals surface area contributed by atoms with Crippen molar-refractivity contribution in [3.63, 3.8) is 0 Å². The molecule has 1 unspecified atom stereocenters. The van der Waals surface area contributed by atoms with Gasteiger partial charge in [0, 0.05) is 103 Å². The van der Waals surface area contributed by atoms with Gasteiger partial charge in [0.25, 0.3) is 0 Å². The third-order valence-corrected chi connectivity index (χ3v) is 13.4. The zero-order valence-electron chi connectivity index (χ0n) is 36.7. The largest absolute Gasteiger partial charge is 0.477 e. The Bertz CT molecular complexity index is 2950. The predicted octanol–water partition coefficient (Wildman–Crippen LogP) is 1.27. The maximum atomic E-state index is 15.8. The maximum Gasteiger partial charge on any atom is 0.341 e. The van der Waals surface area contributed by atoms with Crippen molar-refractivity contribution in [2.45, 2.75) is 50.7 Å². The van der Waals surface area contributed by atoms with E-state index in [-0.39, 0.29) is 69.8 Å². The van der Waals surface area contributed by atoms with Crippen LogP contribution in [0.5, 0.6) is 0 Å². The number of benzene rings is 2. The van der Waals surface area contributed by atoms with Crippen LogP contribution in [0.25, 0.3) is 21.8 Å². The van der Waals surface area contributed by atoms with Gasteiger partial charge in [-0.1, -0.05) is 0 Å². The molecular formula is C43H52F2N16O6. The van der Waals surface area contributed by atoms with Gasteiger partial charge >= 0.3 is 11.9 Å². The topological polar surface area (TPSA) is 315 Å². The fourth-order valence-electron chi connectivity index (χ4n) is 9.46. The molecule has 67 heavy (non-hydrogen) atoms. The molecule has 5 fully saturated rings. The highest BCUT2D eigenvalue weighted by atomic mass is 19.1. The number of carbonyl (C=O) groups is 2. The first-order valence-corrected chi connectivity index (χ1v) is 22.1. The summed E-state index contributed by atoms with van der Waals surface area (Å²) in [7, 11) is 0. The number of carboxylic acid groups (broad SMARTS) is 2. The van der Waals surface area contributed by atoms with Crippen molar-refractivity contribution < 1.29 is 28.6 Å². The molecule has 1 atom stereocenters. The average molecular weight is 927 g/mol. The minimum absolute atomic E-state index is 0.0122. The van der Waals surface area contributed by atoms with Crippen molar-refractivity contribution >= 4 is 80.3 Å². The summed E-state index contributed by atoms with van der Waals surface area (Å²) in [5.74, 6) is -4.21. The predicted molar refractivity (Wildman–Crippen MR) is 250 cm³/mol. The number of aliphatic imine (C=N–C) groups is 2. The molecule has 0 radical (unpaired) electrons. The Labute approximate surface area is 380 Å². The van der Waals surface area contributed by atoms with Gasteiger partial charge in [-0.25, -0.2) is 18.4 Å². The van der Waals surface area contributed by atoms with Crippen LogP contribution in [0.4, 0.5) is 31.5 Å². The number of hydrogen-bond acceptors (Lipinski definition) is 10. The fourth-order valence-corrected chi connectivity index (χ4v) is 9.46. The van der Waals surface area contributed by atoms with Gasteiger partial charge in [-0.3, -0.25) is 20.4 Å². The molecule has 24 heteroatoms. The third kappa shape index (κ3) is 8.09. The number of piperazine rings is 3. The zero-order chi connectivity index (χ0) is 47.7. The Morgan fingerprint density at radius 1 is 0.701 bits per heavy atom. The second kappa shape index (κ2) is 17.0. The Morgan fingerprint density at radius 2 is 1.24 bits per heavy atom. The molecule has 12 N–H and O–H groups in total. The fraction of sp³-hybridized carbons (Fsp3) is 0.442. The normalized spacial score (nSPS) is 19.7. The molecule has 2 aromatic carbocycles. The number of pyridine rings is 2. The van der Waals surface area contributed by atoms with Crippen LogP contribution < -0.4 is 43.6 Å². The molecule has 22 nitrogen and oxygen atoms in total. The number of halogens is 2. The van der Waals surface area contributed by atoms with Gasteiger partial charge < -0.3 is 71.7 Å². The van der Waals surface area contributed by atoms with E-state index in [1.165, 1.54) is 12.4 Å². The van der Waals surface area contributed by atoms with E-state index in [0.717, 1.165) is 31.7 Å². The molecule has 0 spiro atoms. The molecule has 5 heterocycles. The first-order valence-electron chi connectivity index (χ1n) is 22.1. The molecule has 0 bridgehead atoms. The molecule has 3 saturated heterocycles. The second-order valence-electron chi connectivity index (χ2n) is 17.7. The summed E-state index contributed by atoms with van der Waals surface area (Å²) in [6, 6.07) is 2.35. The molecule has 2 aliphatic carbocycles. The van der Waals surface area contributed by atoms with Crippen LogP contribution in [0.2, 0.25) is 0 Å². The van der Waals surface area contributed by atoms with Gasteiger partial charge in [0.15, 0.2) is 17.7 Å². The third-order valence-electron chi connectivity index (χ3n) is 13.4. The van der Waals surface area contributed by atoms with Crippen molar-refractivity contribution in [3.05, 3.63) is 67.7 Å². The minimum atomic E-state index is -1.40. The van der Waals surface area contributed by atoms with E-state index in [0.29, 0.717) is 83.0 Å². The van der Waals surface area contributed by atoms with Gasteiger partial charge in [0.2, 0.25) is 22.8 Å². The molecule has 5 aliphatic rings. The van der Waals surface area contributed by atoms with Crippen LogP contribution in [0, 0.1) is 22.5 Å². The van der Waals surface area contributed by atoms with E-state index in [1.807, 2.05) is 11.8 Å². The SMILES string of the molecule is CC1CN(C(=N)/N=C(\N)N2CCN(c3c(F)cc4c(=O)c(C(=O)O)cn(C5CC5)c4c3N)CC2)CCN1/C(N)=N/C(=N)N1CCN(c2cc3c(c(N)c2F)c(=O)c(C(=O)O)cn3C2CC2)CC1. The molecular weight excluding hydrogens is 875 g/mol. The molecule has 4 aromatic rings. The van der Waals surface area contributed by atoms with Gasteiger partial charge in [-0.15, -0.1) is 0 Å². The maximum absolute atomic E-state index is 15.8. The van der Waals surface area contributed by atoms with Crippen molar-refractivity contribution in [1.29, 1.82) is 10.8 Å². The molecule has 9 rings (SSSR count). The average Bonchev–Trinajstić information content (AvgIpc) is 4.24. The second-order valence-corrected chi connectivity index (χ2v) is 17.7. The molecule has 2 aromatic heterocycles. The Balaban J connectivity index is 0.795. The highest BCUT2D eigenvalue weighted by Gasteiger charge is 2.34. The van der Waals surface area contributed by atoms with Crippen LogP contribution >= 0.6 is 0 Å². The number of carboxylic acids is 2. The minimum Gasteiger partial charge on any atom is -0.477 e. The lowest BCUT2D eigenvalue weighted by atomic mass is 10.1. The highest BCUT2D eigenvalue weighted by molar-refractivity contribution is 6.02. The van der Waals surface area contributed by atoms with Crippen molar-refractivity contribution in [1.82, 2.24) is 28.7 Å². The van der Waals surface area contributed by atoms with Gasteiger partial charge in [-0.2, -0.15) is 9.98 Å². The number of hydrogen-bond donors (Lipinski definition) is 8. The van der Waals surface area contributed by atoms with Crippen molar-refractivity contribution in [3.8, 4) is 0 Å². The lowest BCUT2D eigenvalue weighted by Crippen LogP contribution is -2.58. The van der Waals surface area contributed by atoms with Crippen LogP contribution in [0.3, 0.4) is 0 Å². The summed E-state index contributed by atoms with van der Waals surface area (Å²) < 4.78 is 34.9. The Hall–Kier alpha value is -7.66. The Morgan fingerprint density at radius 3 is 1.85 bits per heavy atom. The summed E-state index contributed by atoms with van der Waals surface area (Å²) in [5.41, 5.74) is 23.8. The number of aromatic nitrogens is 2. The van der Waals surface area contributed by atoms with E-state index in [2.05, 4.69) is 9.98 Å². The molecule has 354 valence electrons. The molecule has 3 aliphatic heterocycles. The molecule has 2 saturated carbocycles. The lowest BCUT2D eigenvalue weighted by Gasteiger charge is -2.41. The standard InChI is InChI=1S/C43H52F2N16O6/c1-21-18-58(42(50)52-40(48)57-12-8-55(9-13-57)35-27(44)16-24-34(33(35)47)61(23-4-5-23)20-25(36(24)62)38(64)65)14-15-59(21)43(51)53-41(49)56-10-6-54(7-11-56)29-17-28-30(32(46)31(29)45)37(63)26(39(66)67)19-60(28)22-2-3-22/h16-17,19-23H,2-15,18,46-47H2,1H3,(H,64,65)(H,66,67)(H3,48,50,52)(H3,49,51,53). The summed E-state index contributed by atoms with van der Waals surface area (Å²) >= 11 is 0. The summed E-state index contributed by atoms with van der Waals surface area (Å²) in [5, 5.41) is 36.5. The van der Waals surface area contributed by atoms with Crippen molar-refractivity contribution in [2.24, 2.45) is 21.5 Å². The van der Waals surface area contributed by atoms with E-state index in [4.69, 9.17) is 33.8 Å². The number of nitrogens with two attached hydrogens (primary N) is 4. The number of nitrogens with one attached hydrogen (secondary N) is 2. The van der Waals surface area contributed by atoms with Crippen LogP contribution in [0.15, 0.2) is 44.1 Å². The highest BCUT2D eigenvalue weighted by Crippen LogP contribution is 2.42. The smallest absolute Gasteiger partial charge is 0.341 e. The monoisotopic (exact) mass is 926 g/mol. The number of guanidine groups is 4. The first kappa shape index (κ1) is 44.5. The van der Waals surface area contributed by atoms with E-state index >= 15 is 8.78 Å². The van der Waals surface area contributed by atoms with Crippen LogP contribution in [0.1, 0.15) is 65.4 Å². The van der Waals surface area contributed by atoms with E-state index in [9.17, 15) is 29.4 Å². The number of rotatable bonds is 6. The van der Waals surface area contributed by atoms with Gasteiger partial charge in [-0.05, 0) is 44.7 Å². The molecule has 0 amide bonds. The van der Waals surface area contributed by atoms with Gasteiger partial charge in [0.05, 0.1) is 44.6 Å². The van der Waals surface area contributed by atoms with Gasteiger partial charge in [0.1, 0.15) is 16.9 Å². The number of anilines is 4. The first-order chi connectivity index (χ1) is 31.9. The number of nitrogen functional groups attached to an aromatic ring is 2. The van der Waals surface area contributed by atoms with E-state index < -0.39 is 51.2 Å². The van der Waals surface area contributed by atoms with Crippen LogP contribution in [-0.2, 0) is 0 Å². The quantitative estimate of drug-likeness (QED) is 0.0767. The zero-order valence-corrected chi connectivity index (χ0v) is 36.7. The van der Waals surface area contributed by atoms with Crippen LogP contribution in [-0.4, -0.2) is 153 Å². The summed E-state index contributed by atoms with van der Waals surface area (Å²) in [6.07, 6.45) is 5.76. The number of fused-ring (bicyclic) bond motifs is 2. The summed E-state index contributed by atoms with van der Waals surface area (Å²) in [4.78, 5) is 69.2.